The monoisotopic (exact) mass is 294 g/mol. The number of rotatable bonds is 7. The molecular weight excluding hydrogens is 276 g/mol. The third-order valence-electron chi connectivity index (χ3n) is 2.67. The summed E-state index contributed by atoms with van der Waals surface area (Å²) < 4.78 is 9.53. The van der Waals surface area contributed by atoms with Crippen molar-refractivity contribution in [3.05, 3.63) is 35.9 Å². The number of methoxy groups -OCH3 is 1. The fraction of sp³-hybridized carbons (Fsp3) is 0.357. The van der Waals surface area contributed by atoms with E-state index in [1.165, 1.54) is 7.11 Å². The van der Waals surface area contributed by atoms with Gasteiger partial charge in [0.25, 0.3) is 0 Å². The fourth-order valence-electron chi connectivity index (χ4n) is 1.58. The zero-order valence-electron chi connectivity index (χ0n) is 11.7. The molecule has 0 saturated heterocycles. The van der Waals surface area contributed by atoms with Crippen LogP contribution in [0.5, 0.6) is 0 Å². The lowest BCUT2D eigenvalue weighted by Gasteiger charge is -2.15. The third kappa shape index (κ3) is 6.42. The van der Waals surface area contributed by atoms with Crippen molar-refractivity contribution < 1.29 is 23.9 Å². The molecule has 114 valence electrons. The maximum absolute atomic E-state index is 11.6. The summed E-state index contributed by atoms with van der Waals surface area (Å²) in [6.45, 7) is 0.0797. The summed E-state index contributed by atoms with van der Waals surface area (Å²) in [5.74, 6) is -1.23. The Hall–Kier alpha value is -2.57. The van der Waals surface area contributed by atoms with Gasteiger partial charge in [0.1, 0.15) is 12.6 Å². The van der Waals surface area contributed by atoms with E-state index in [-0.39, 0.29) is 19.4 Å². The first-order valence-corrected chi connectivity index (χ1v) is 6.36. The first-order valence-electron chi connectivity index (χ1n) is 6.36. The molecule has 3 N–H and O–H groups in total. The molecule has 0 aliphatic carbocycles. The summed E-state index contributed by atoms with van der Waals surface area (Å²) in [7, 11) is 1.19. The molecule has 0 fully saturated rings. The van der Waals surface area contributed by atoms with Crippen LogP contribution in [0.2, 0.25) is 0 Å². The summed E-state index contributed by atoms with van der Waals surface area (Å²) in [5.41, 5.74) is 5.83. The van der Waals surface area contributed by atoms with Crippen LogP contribution < -0.4 is 11.1 Å². The molecule has 0 aliphatic rings. The largest absolute Gasteiger partial charge is 0.467 e. The maximum atomic E-state index is 11.6. The van der Waals surface area contributed by atoms with Crippen molar-refractivity contribution in [2.24, 2.45) is 5.73 Å². The van der Waals surface area contributed by atoms with E-state index in [1.807, 2.05) is 18.2 Å². The zero-order chi connectivity index (χ0) is 15.7. The topological polar surface area (TPSA) is 108 Å². The fourth-order valence-corrected chi connectivity index (χ4v) is 1.58. The summed E-state index contributed by atoms with van der Waals surface area (Å²) in [5, 5.41) is 2.35. The van der Waals surface area contributed by atoms with Crippen molar-refractivity contribution in [3.63, 3.8) is 0 Å². The highest BCUT2D eigenvalue weighted by atomic mass is 16.6. The molecule has 1 atom stereocenters. The van der Waals surface area contributed by atoms with Crippen LogP contribution in [0.3, 0.4) is 0 Å². The molecule has 1 rings (SSSR count). The quantitative estimate of drug-likeness (QED) is 0.720. The number of alkyl carbamates (subject to hydrolysis) is 1. The molecular formula is C14H18N2O5. The summed E-state index contributed by atoms with van der Waals surface area (Å²) in [4.78, 5) is 33.9. The van der Waals surface area contributed by atoms with E-state index >= 15 is 0 Å². The van der Waals surface area contributed by atoms with Gasteiger partial charge < -0.3 is 20.5 Å². The molecule has 0 aliphatic heterocycles. The van der Waals surface area contributed by atoms with Crippen molar-refractivity contribution >= 4 is 18.0 Å². The smallest absolute Gasteiger partial charge is 0.408 e. The molecule has 0 spiro atoms. The van der Waals surface area contributed by atoms with Crippen LogP contribution in [0.15, 0.2) is 30.3 Å². The molecule has 1 aromatic carbocycles. The molecule has 0 aromatic heterocycles. The van der Waals surface area contributed by atoms with Gasteiger partial charge in [-0.25, -0.2) is 9.59 Å². The lowest BCUT2D eigenvalue weighted by molar-refractivity contribution is -0.143. The SMILES string of the molecule is COC(=O)C(CCC(N)=O)NC(=O)OCc1ccccc1. The van der Waals surface area contributed by atoms with E-state index in [4.69, 9.17) is 10.5 Å². The van der Waals surface area contributed by atoms with Crippen LogP contribution in [0.25, 0.3) is 0 Å². The average Bonchev–Trinajstić information content (AvgIpc) is 2.49. The predicted molar refractivity (Wildman–Crippen MR) is 74.0 cm³/mol. The van der Waals surface area contributed by atoms with E-state index < -0.39 is 24.0 Å². The summed E-state index contributed by atoms with van der Waals surface area (Å²) in [6.07, 6.45) is -0.750. The van der Waals surface area contributed by atoms with Gasteiger partial charge in [-0.3, -0.25) is 4.79 Å². The van der Waals surface area contributed by atoms with Gasteiger partial charge in [0.05, 0.1) is 7.11 Å². The Morgan fingerprint density at radius 1 is 1.24 bits per heavy atom. The van der Waals surface area contributed by atoms with Gasteiger partial charge in [0, 0.05) is 6.42 Å². The number of esters is 1. The van der Waals surface area contributed by atoms with Crippen LogP contribution in [-0.2, 0) is 25.7 Å². The van der Waals surface area contributed by atoms with Crippen LogP contribution in [0, 0.1) is 0 Å². The highest BCUT2D eigenvalue weighted by molar-refractivity contribution is 5.82. The second kappa shape index (κ2) is 8.57. The van der Waals surface area contributed by atoms with Gasteiger partial charge in [0.15, 0.2) is 0 Å². The average molecular weight is 294 g/mol. The highest BCUT2D eigenvalue weighted by Gasteiger charge is 2.22. The zero-order valence-corrected chi connectivity index (χ0v) is 11.7. The lowest BCUT2D eigenvalue weighted by Crippen LogP contribution is -2.42. The molecule has 0 radical (unpaired) electrons. The number of carbonyl (C=O) groups is 3. The maximum Gasteiger partial charge on any atom is 0.408 e. The van der Waals surface area contributed by atoms with Crippen LogP contribution in [0.1, 0.15) is 18.4 Å². The normalized spacial score (nSPS) is 11.3. The van der Waals surface area contributed by atoms with E-state index in [9.17, 15) is 14.4 Å². The number of hydrogen-bond donors (Lipinski definition) is 2. The van der Waals surface area contributed by atoms with Gasteiger partial charge in [-0.15, -0.1) is 0 Å². The van der Waals surface area contributed by atoms with Crippen LogP contribution in [0.4, 0.5) is 4.79 Å². The molecule has 7 nitrogen and oxygen atoms in total. The van der Waals surface area contributed by atoms with E-state index in [0.717, 1.165) is 5.56 Å². The molecule has 1 aromatic rings. The number of benzene rings is 1. The molecule has 1 unspecified atom stereocenters. The minimum Gasteiger partial charge on any atom is -0.467 e. The van der Waals surface area contributed by atoms with Gasteiger partial charge in [-0.1, -0.05) is 30.3 Å². The number of primary amides is 1. The molecule has 21 heavy (non-hydrogen) atoms. The highest BCUT2D eigenvalue weighted by Crippen LogP contribution is 2.03. The second-order valence-corrected chi connectivity index (χ2v) is 4.29. The van der Waals surface area contributed by atoms with Crippen molar-refractivity contribution in [3.8, 4) is 0 Å². The van der Waals surface area contributed by atoms with Crippen molar-refractivity contribution in [1.29, 1.82) is 0 Å². The van der Waals surface area contributed by atoms with Crippen molar-refractivity contribution in [2.45, 2.75) is 25.5 Å². The number of carbonyl (C=O) groups excluding carboxylic acids is 3. The Balaban J connectivity index is 2.47. The number of ether oxygens (including phenoxy) is 2. The van der Waals surface area contributed by atoms with Crippen LogP contribution >= 0.6 is 0 Å². The Kier molecular flexibility index (Phi) is 6.73. The first kappa shape index (κ1) is 16.5. The Morgan fingerprint density at radius 3 is 2.48 bits per heavy atom. The van der Waals surface area contributed by atoms with Crippen molar-refractivity contribution in [1.82, 2.24) is 5.32 Å². The predicted octanol–water partition coefficient (Wildman–Crippen LogP) is 0.720. The standard InChI is InChI=1S/C14H18N2O5/c1-20-13(18)11(7-8-12(15)17)16-14(19)21-9-10-5-3-2-4-6-10/h2-6,11H,7-9H2,1H3,(H2,15,17)(H,16,19). The molecule has 0 heterocycles. The number of nitrogens with one attached hydrogen (secondary N) is 1. The Morgan fingerprint density at radius 2 is 1.90 bits per heavy atom. The summed E-state index contributed by atoms with van der Waals surface area (Å²) >= 11 is 0. The first-order chi connectivity index (χ1) is 10.0. The number of amides is 2. The molecule has 2 amide bonds. The third-order valence-corrected chi connectivity index (χ3v) is 2.67. The summed E-state index contributed by atoms with van der Waals surface area (Å²) in [6, 6.07) is 8.13. The minimum absolute atomic E-state index is 0.0429. The minimum atomic E-state index is -0.967. The number of nitrogens with two attached hydrogens (primary N) is 1. The van der Waals surface area contributed by atoms with E-state index in [0.29, 0.717) is 0 Å². The van der Waals surface area contributed by atoms with Gasteiger partial charge in [0.2, 0.25) is 5.91 Å². The molecule has 7 heteroatoms. The van der Waals surface area contributed by atoms with E-state index in [2.05, 4.69) is 10.1 Å². The Bertz CT molecular complexity index is 489. The molecule has 0 saturated carbocycles. The van der Waals surface area contributed by atoms with E-state index in [1.54, 1.807) is 12.1 Å². The second-order valence-electron chi connectivity index (χ2n) is 4.29. The molecule has 0 bridgehead atoms. The van der Waals surface area contributed by atoms with Gasteiger partial charge in [-0.2, -0.15) is 0 Å². The van der Waals surface area contributed by atoms with Crippen LogP contribution in [-0.4, -0.2) is 31.1 Å². The van der Waals surface area contributed by atoms with Crippen molar-refractivity contribution in [2.75, 3.05) is 7.11 Å². The van der Waals surface area contributed by atoms with Gasteiger partial charge >= 0.3 is 12.1 Å². The number of hydrogen-bond acceptors (Lipinski definition) is 5. The van der Waals surface area contributed by atoms with Gasteiger partial charge in [-0.05, 0) is 12.0 Å². The lowest BCUT2D eigenvalue weighted by atomic mass is 10.1. The Labute approximate surface area is 122 Å².